The molecule has 1 saturated heterocycles. The SMILES string of the molecule is Cc1cccc(C)c1C(=O)NCC1(C)COC1. The molecule has 3 heteroatoms. The second kappa shape index (κ2) is 4.49. The summed E-state index contributed by atoms with van der Waals surface area (Å²) < 4.78 is 5.17. The zero-order chi connectivity index (χ0) is 12.5. The van der Waals surface area contributed by atoms with Gasteiger partial charge in [0.2, 0.25) is 0 Å². The summed E-state index contributed by atoms with van der Waals surface area (Å²) in [5.74, 6) is 0.0220. The minimum absolute atomic E-state index is 0.0220. The Hall–Kier alpha value is -1.35. The Morgan fingerprint density at radius 2 is 1.94 bits per heavy atom. The molecule has 92 valence electrons. The van der Waals surface area contributed by atoms with Crippen LogP contribution in [0.2, 0.25) is 0 Å². The van der Waals surface area contributed by atoms with E-state index in [1.807, 2.05) is 32.0 Å². The van der Waals surface area contributed by atoms with Gasteiger partial charge in [0.15, 0.2) is 0 Å². The molecule has 1 heterocycles. The average molecular weight is 233 g/mol. The molecule has 0 unspecified atom stereocenters. The molecule has 3 nitrogen and oxygen atoms in total. The lowest BCUT2D eigenvalue weighted by molar-refractivity contribution is -0.0978. The number of nitrogens with one attached hydrogen (secondary N) is 1. The molecule has 0 aromatic heterocycles. The first-order chi connectivity index (χ1) is 8.02. The first-order valence-corrected chi connectivity index (χ1v) is 5.94. The van der Waals surface area contributed by atoms with Crippen LogP contribution < -0.4 is 5.32 Å². The van der Waals surface area contributed by atoms with E-state index in [9.17, 15) is 4.79 Å². The predicted molar refractivity (Wildman–Crippen MR) is 67.2 cm³/mol. The summed E-state index contributed by atoms with van der Waals surface area (Å²) >= 11 is 0. The van der Waals surface area contributed by atoms with Gasteiger partial charge >= 0.3 is 0 Å². The third-order valence-electron chi connectivity index (χ3n) is 3.28. The molecule has 2 rings (SSSR count). The fourth-order valence-corrected chi connectivity index (χ4v) is 2.11. The summed E-state index contributed by atoms with van der Waals surface area (Å²) in [5.41, 5.74) is 2.97. The van der Waals surface area contributed by atoms with Crippen LogP contribution >= 0.6 is 0 Å². The van der Waals surface area contributed by atoms with Gasteiger partial charge < -0.3 is 10.1 Å². The molecule has 0 spiro atoms. The van der Waals surface area contributed by atoms with E-state index in [1.54, 1.807) is 0 Å². The van der Waals surface area contributed by atoms with Gasteiger partial charge in [-0.25, -0.2) is 0 Å². The van der Waals surface area contributed by atoms with Crippen molar-refractivity contribution in [2.45, 2.75) is 20.8 Å². The van der Waals surface area contributed by atoms with Gasteiger partial charge in [-0.3, -0.25) is 4.79 Å². The van der Waals surface area contributed by atoms with Crippen molar-refractivity contribution in [3.05, 3.63) is 34.9 Å². The Labute approximate surface area is 102 Å². The molecule has 1 N–H and O–H groups in total. The smallest absolute Gasteiger partial charge is 0.251 e. The van der Waals surface area contributed by atoms with Crippen LogP contribution in [0.1, 0.15) is 28.4 Å². The average Bonchev–Trinajstić information content (AvgIpc) is 2.23. The Morgan fingerprint density at radius 1 is 1.35 bits per heavy atom. The Bertz CT molecular complexity index is 416. The molecule has 0 atom stereocenters. The van der Waals surface area contributed by atoms with Gasteiger partial charge in [-0.15, -0.1) is 0 Å². The first-order valence-electron chi connectivity index (χ1n) is 5.94. The maximum Gasteiger partial charge on any atom is 0.251 e. The number of hydrogen-bond acceptors (Lipinski definition) is 2. The minimum Gasteiger partial charge on any atom is -0.380 e. The zero-order valence-corrected chi connectivity index (χ0v) is 10.7. The highest BCUT2D eigenvalue weighted by atomic mass is 16.5. The van der Waals surface area contributed by atoms with Crippen molar-refractivity contribution in [2.75, 3.05) is 19.8 Å². The number of ether oxygens (including phenoxy) is 1. The van der Waals surface area contributed by atoms with Crippen molar-refractivity contribution < 1.29 is 9.53 Å². The molecule has 0 saturated carbocycles. The van der Waals surface area contributed by atoms with Crippen molar-refractivity contribution in [1.82, 2.24) is 5.32 Å². The van der Waals surface area contributed by atoms with E-state index in [0.29, 0.717) is 6.54 Å². The highest BCUT2D eigenvalue weighted by Gasteiger charge is 2.33. The number of hydrogen-bond donors (Lipinski definition) is 1. The van der Waals surface area contributed by atoms with E-state index < -0.39 is 0 Å². The van der Waals surface area contributed by atoms with Gasteiger partial charge in [-0.1, -0.05) is 25.1 Å². The van der Waals surface area contributed by atoms with Crippen molar-refractivity contribution >= 4 is 5.91 Å². The Morgan fingerprint density at radius 3 is 2.41 bits per heavy atom. The van der Waals surface area contributed by atoms with Gasteiger partial charge in [0.1, 0.15) is 0 Å². The molecule has 1 aromatic carbocycles. The lowest BCUT2D eigenvalue weighted by atomic mass is 9.88. The summed E-state index contributed by atoms with van der Waals surface area (Å²) in [6, 6.07) is 5.91. The van der Waals surface area contributed by atoms with Crippen LogP contribution in [0, 0.1) is 19.3 Å². The van der Waals surface area contributed by atoms with Crippen LogP contribution in [0.25, 0.3) is 0 Å². The quantitative estimate of drug-likeness (QED) is 0.868. The minimum atomic E-state index is 0.0220. The van der Waals surface area contributed by atoms with E-state index in [2.05, 4.69) is 12.2 Å². The van der Waals surface area contributed by atoms with Crippen LogP contribution in [-0.4, -0.2) is 25.7 Å². The van der Waals surface area contributed by atoms with E-state index in [0.717, 1.165) is 29.9 Å². The number of aryl methyl sites for hydroxylation is 2. The normalized spacial score (nSPS) is 17.4. The second-order valence-electron chi connectivity index (χ2n) is 5.25. The summed E-state index contributed by atoms with van der Waals surface area (Å²) in [5, 5.41) is 3.00. The molecular formula is C14H19NO2. The van der Waals surface area contributed by atoms with Crippen molar-refractivity contribution in [2.24, 2.45) is 5.41 Å². The highest BCUT2D eigenvalue weighted by molar-refractivity contribution is 5.97. The largest absolute Gasteiger partial charge is 0.380 e. The van der Waals surface area contributed by atoms with Crippen LogP contribution in [0.15, 0.2) is 18.2 Å². The fraction of sp³-hybridized carbons (Fsp3) is 0.500. The van der Waals surface area contributed by atoms with E-state index in [1.165, 1.54) is 0 Å². The molecule has 1 aliphatic rings. The van der Waals surface area contributed by atoms with Crippen LogP contribution in [0.5, 0.6) is 0 Å². The number of benzene rings is 1. The molecule has 1 aromatic rings. The van der Waals surface area contributed by atoms with Gasteiger partial charge in [-0.05, 0) is 25.0 Å². The van der Waals surface area contributed by atoms with Crippen molar-refractivity contribution in [3.8, 4) is 0 Å². The number of carbonyl (C=O) groups is 1. The number of rotatable bonds is 3. The fourth-order valence-electron chi connectivity index (χ4n) is 2.11. The Kier molecular flexibility index (Phi) is 3.20. The molecule has 0 bridgehead atoms. The molecule has 17 heavy (non-hydrogen) atoms. The summed E-state index contributed by atoms with van der Waals surface area (Å²) in [7, 11) is 0. The zero-order valence-electron chi connectivity index (χ0n) is 10.7. The third-order valence-corrected chi connectivity index (χ3v) is 3.28. The first kappa shape index (κ1) is 12.1. The summed E-state index contributed by atoms with van der Waals surface area (Å²) in [4.78, 5) is 12.1. The van der Waals surface area contributed by atoms with Crippen molar-refractivity contribution in [3.63, 3.8) is 0 Å². The highest BCUT2D eigenvalue weighted by Crippen LogP contribution is 2.25. The lowest BCUT2D eigenvalue weighted by Crippen LogP contribution is -2.48. The third kappa shape index (κ3) is 2.50. The van der Waals surface area contributed by atoms with E-state index in [-0.39, 0.29) is 11.3 Å². The maximum atomic E-state index is 12.1. The molecule has 1 fully saturated rings. The molecule has 0 aliphatic carbocycles. The monoisotopic (exact) mass is 233 g/mol. The standard InChI is InChI=1S/C14H19NO2/c1-10-5-4-6-11(2)12(10)13(16)15-7-14(3)8-17-9-14/h4-6H,7-9H2,1-3H3,(H,15,16). The maximum absolute atomic E-state index is 12.1. The number of carbonyl (C=O) groups excluding carboxylic acids is 1. The lowest BCUT2D eigenvalue weighted by Gasteiger charge is -2.38. The van der Waals surface area contributed by atoms with Crippen LogP contribution in [0.3, 0.4) is 0 Å². The Balaban J connectivity index is 2.04. The molecular weight excluding hydrogens is 214 g/mol. The summed E-state index contributed by atoms with van der Waals surface area (Å²) in [6.07, 6.45) is 0. The number of amides is 1. The second-order valence-corrected chi connectivity index (χ2v) is 5.25. The molecule has 0 radical (unpaired) electrons. The van der Waals surface area contributed by atoms with Gasteiger partial charge in [0.05, 0.1) is 13.2 Å². The van der Waals surface area contributed by atoms with Gasteiger partial charge in [0.25, 0.3) is 5.91 Å². The summed E-state index contributed by atoms with van der Waals surface area (Å²) in [6.45, 7) is 8.22. The van der Waals surface area contributed by atoms with Crippen molar-refractivity contribution in [1.29, 1.82) is 0 Å². The van der Waals surface area contributed by atoms with Crippen LogP contribution in [-0.2, 0) is 4.74 Å². The van der Waals surface area contributed by atoms with Crippen LogP contribution in [0.4, 0.5) is 0 Å². The molecule has 1 amide bonds. The van der Waals surface area contributed by atoms with E-state index in [4.69, 9.17) is 4.74 Å². The van der Waals surface area contributed by atoms with E-state index >= 15 is 0 Å². The predicted octanol–water partition coefficient (Wildman–Crippen LogP) is 2.07. The topological polar surface area (TPSA) is 38.3 Å². The molecule has 1 aliphatic heterocycles. The van der Waals surface area contributed by atoms with Gasteiger partial charge in [-0.2, -0.15) is 0 Å². The van der Waals surface area contributed by atoms with Gasteiger partial charge in [0, 0.05) is 17.5 Å².